The molecule has 0 saturated heterocycles. The van der Waals surface area contributed by atoms with E-state index < -0.39 is 5.97 Å². The van der Waals surface area contributed by atoms with Crippen LogP contribution in [0, 0.1) is 6.92 Å². The van der Waals surface area contributed by atoms with Gasteiger partial charge in [-0.3, -0.25) is 0 Å². The number of rotatable bonds is 1. The number of aromatic carboxylic acids is 1. The van der Waals surface area contributed by atoms with Crippen LogP contribution in [-0.4, -0.2) is 18.9 Å². The van der Waals surface area contributed by atoms with E-state index in [4.69, 9.17) is 13.0 Å². The largest absolute Gasteiger partial charge is 0.478 e. The number of aryl methyl sites for hydroxylation is 1. The Morgan fingerprint density at radius 2 is 2.18 bits per heavy atom. The molecule has 0 spiro atoms. The highest BCUT2D eigenvalue weighted by Crippen LogP contribution is 2.00. The van der Waals surface area contributed by atoms with E-state index in [1.807, 2.05) is 0 Å². The Morgan fingerprint density at radius 1 is 1.55 bits per heavy atom. The highest BCUT2D eigenvalue weighted by atomic mass is 16.4. The van der Waals surface area contributed by atoms with E-state index >= 15 is 0 Å². The van der Waals surface area contributed by atoms with Gasteiger partial charge in [0.2, 0.25) is 0 Å². The molecule has 0 bridgehead atoms. The van der Waals surface area contributed by atoms with Crippen LogP contribution in [0.4, 0.5) is 0 Å². The summed E-state index contributed by atoms with van der Waals surface area (Å²) in [5.41, 5.74) is 1.69. The van der Waals surface area contributed by atoms with Crippen LogP contribution in [0.25, 0.3) is 0 Å². The molecule has 0 atom stereocenters. The van der Waals surface area contributed by atoms with E-state index in [2.05, 4.69) is 0 Å². The van der Waals surface area contributed by atoms with Gasteiger partial charge in [-0.05, 0) is 19.1 Å². The second-order valence-electron chi connectivity index (χ2n) is 2.38. The normalized spacial score (nSPS) is 9.55. The van der Waals surface area contributed by atoms with Gasteiger partial charge >= 0.3 is 5.97 Å². The maximum Gasteiger partial charge on any atom is 0.335 e. The summed E-state index contributed by atoms with van der Waals surface area (Å²) < 4.78 is 0. The van der Waals surface area contributed by atoms with Crippen molar-refractivity contribution in [3.8, 4) is 0 Å². The maximum absolute atomic E-state index is 10.4. The van der Waals surface area contributed by atoms with Crippen molar-refractivity contribution < 1.29 is 9.90 Å². The summed E-state index contributed by atoms with van der Waals surface area (Å²) in [6, 6.07) is 4.64. The lowest BCUT2D eigenvalue weighted by Gasteiger charge is -2.00. The summed E-state index contributed by atoms with van der Waals surface area (Å²) in [6.07, 6.45) is 0. The van der Waals surface area contributed by atoms with Gasteiger partial charge in [0.15, 0.2) is 0 Å². The zero-order valence-corrected chi connectivity index (χ0v) is 6.16. The fourth-order valence-electron chi connectivity index (χ4n) is 0.809. The topological polar surface area (TPSA) is 37.3 Å². The predicted octanol–water partition coefficient (Wildman–Crippen LogP) is 0.487. The smallest absolute Gasteiger partial charge is 0.335 e. The van der Waals surface area contributed by atoms with Crippen molar-refractivity contribution >= 4 is 19.3 Å². The Kier molecular flexibility index (Phi) is 1.99. The van der Waals surface area contributed by atoms with E-state index in [0.717, 1.165) is 5.56 Å². The Balaban J connectivity index is 3.15. The van der Waals surface area contributed by atoms with Gasteiger partial charge in [0.05, 0.1) is 5.56 Å². The number of benzene rings is 1. The molecule has 1 aromatic carbocycles. The minimum Gasteiger partial charge on any atom is -0.478 e. The molecular formula is C8H7BO2. The van der Waals surface area contributed by atoms with E-state index in [9.17, 15) is 4.79 Å². The van der Waals surface area contributed by atoms with Gasteiger partial charge in [-0.15, -0.1) is 0 Å². The predicted molar refractivity (Wildman–Crippen MR) is 43.5 cm³/mol. The Morgan fingerprint density at radius 3 is 2.64 bits per heavy atom. The summed E-state index contributed by atoms with van der Waals surface area (Å²) in [5, 5.41) is 8.56. The highest BCUT2D eigenvalue weighted by molar-refractivity contribution is 6.33. The average molecular weight is 146 g/mol. The molecule has 1 rings (SSSR count). The van der Waals surface area contributed by atoms with Gasteiger partial charge < -0.3 is 5.11 Å². The molecule has 0 aliphatic heterocycles. The molecule has 0 heterocycles. The molecule has 0 aromatic heterocycles. The minimum atomic E-state index is -0.923. The second kappa shape index (κ2) is 2.78. The fourth-order valence-corrected chi connectivity index (χ4v) is 0.809. The van der Waals surface area contributed by atoms with Crippen LogP contribution >= 0.6 is 0 Å². The van der Waals surface area contributed by atoms with Crippen LogP contribution in [0.3, 0.4) is 0 Å². The van der Waals surface area contributed by atoms with Gasteiger partial charge in [-0.1, -0.05) is 17.1 Å². The van der Waals surface area contributed by atoms with Crippen molar-refractivity contribution in [1.29, 1.82) is 0 Å². The van der Waals surface area contributed by atoms with Crippen LogP contribution < -0.4 is 5.46 Å². The lowest BCUT2D eigenvalue weighted by molar-refractivity contribution is 0.0697. The minimum absolute atomic E-state index is 0.275. The van der Waals surface area contributed by atoms with Crippen molar-refractivity contribution in [3.63, 3.8) is 0 Å². The Bertz CT molecular complexity index is 294. The van der Waals surface area contributed by atoms with Crippen LogP contribution in [0.5, 0.6) is 0 Å². The standard InChI is InChI=1S/C8H7BO2/c1-5-4-6(8(10)11)2-3-7(5)9/h2-4H,1H3,(H,10,11). The van der Waals surface area contributed by atoms with Crippen LogP contribution in [-0.2, 0) is 0 Å². The first-order valence-electron chi connectivity index (χ1n) is 3.20. The number of carboxylic acids is 1. The molecule has 3 heteroatoms. The van der Waals surface area contributed by atoms with Gasteiger partial charge in [-0.25, -0.2) is 4.79 Å². The fraction of sp³-hybridized carbons (Fsp3) is 0.125. The molecule has 11 heavy (non-hydrogen) atoms. The summed E-state index contributed by atoms with van der Waals surface area (Å²) in [5.74, 6) is -0.923. The molecule has 1 N–H and O–H groups in total. The van der Waals surface area contributed by atoms with E-state index in [1.165, 1.54) is 6.07 Å². The van der Waals surface area contributed by atoms with Gasteiger partial charge in [-0.2, -0.15) is 0 Å². The van der Waals surface area contributed by atoms with Crippen LogP contribution in [0.2, 0.25) is 0 Å². The average Bonchev–Trinajstić information content (AvgIpc) is 1.94. The molecule has 2 nitrogen and oxygen atoms in total. The molecule has 0 aliphatic carbocycles. The van der Waals surface area contributed by atoms with Crippen molar-refractivity contribution in [2.75, 3.05) is 0 Å². The SMILES string of the molecule is [B]c1ccc(C(=O)O)cc1C. The number of hydrogen-bond donors (Lipinski definition) is 1. The lowest BCUT2D eigenvalue weighted by atomic mass is 9.90. The first-order valence-corrected chi connectivity index (χ1v) is 3.20. The third-order valence-corrected chi connectivity index (χ3v) is 1.52. The number of carbonyl (C=O) groups is 1. The molecule has 0 unspecified atom stereocenters. The first-order chi connectivity index (χ1) is 5.11. The molecule has 0 fully saturated rings. The molecule has 2 radical (unpaired) electrons. The summed E-state index contributed by atoms with van der Waals surface area (Å²) >= 11 is 0. The molecule has 1 aromatic rings. The third-order valence-electron chi connectivity index (χ3n) is 1.52. The maximum atomic E-state index is 10.4. The number of carboxylic acid groups (broad SMARTS) is 1. The zero-order valence-electron chi connectivity index (χ0n) is 6.16. The summed E-state index contributed by atoms with van der Waals surface area (Å²) in [4.78, 5) is 10.4. The molecule has 54 valence electrons. The Labute approximate surface area is 66.3 Å². The van der Waals surface area contributed by atoms with E-state index in [0.29, 0.717) is 5.46 Å². The zero-order chi connectivity index (χ0) is 8.43. The highest BCUT2D eigenvalue weighted by Gasteiger charge is 2.01. The van der Waals surface area contributed by atoms with Crippen molar-refractivity contribution in [2.45, 2.75) is 6.92 Å². The monoisotopic (exact) mass is 146 g/mol. The molecule has 0 aliphatic rings. The van der Waals surface area contributed by atoms with E-state index in [1.54, 1.807) is 19.1 Å². The summed E-state index contributed by atoms with van der Waals surface area (Å²) in [7, 11) is 5.50. The molecule has 0 amide bonds. The van der Waals surface area contributed by atoms with E-state index in [-0.39, 0.29) is 5.56 Å². The van der Waals surface area contributed by atoms with Crippen LogP contribution in [0.1, 0.15) is 15.9 Å². The van der Waals surface area contributed by atoms with Crippen molar-refractivity contribution in [1.82, 2.24) is 0 Å². The van der Waals surface area contributed by atoms with Gasteiger partial charge in [0.1, 0.15) is 7.85 Å². The van der Waals surface area contributed by atoms with Gasteiger partial charge in [0, 0.05) is 0 Å². The lowest BCUT2D eigenvalue weighted by Crippen LogP contribution is -2.08. The quantitative estimate of drug-likeness (QED) is 0.585. The van der Waals surface area contributed by atoms with Gasteiger partial charge in [0.25, 0.3) is 0 Å². The van der Waals surface area contributed by atoms with Crippen LogP contribution in [0.15, 0.2) is 18.2 Å². The third kappa shape index (κ3) is 1.61. The van der Waals surface area contributed by atoms with Crippen molar-refractivity contribution in [2.24, 2.45) is 0 Å². The Hall–Kier alpha value is -1.25. The summed E-state index contributed by atoms with van der Waals surface area (Å²) in [6.45, 7) is 1.78. The first kappa shape index (κ1) is 7.86. The second-order valence-corrected chi connectivity index (χ2v) is 2.38. The van der Waals surface area contributed by atoms with Crippen molar-refractivity contribution in [3.05, 3.63) is 29.3 Å². The number of hydrogen-bond acceptors (Lipinski definition) is 1. The molecular weight excluding hydrogens is 139 g/mol. The molecule has 0 saturated carbocycles.